The van der Waals surface area contributed by atoms with Crippen LogP contribution >= 0.6 is 24.0 Å². The SMILES string of the molecule is CCOC1CC(NC(=O)c2cc(S)cs2)C1(C)C. The van der Waals surface area contributed by atoms with Crippen LogP contribution in [0.25, 0.3) is 0 Å². The lowest BCUT2D eigenvalue weighted by molar-refractivity contribution is -0.111. The van der Waals surface area contributed by atoms with Gasteiger partial charge in [-0.05, 0) is 19.4 Å². The van der Waals surface area contributed by atoms with Gasteiger partial charge >= 0.3 is 0 Å². The van der Waals surface area contributed by atoms with Gasteiger partial charge in [-0.1, -0.05) is 13.8 Å². The number of rotatable bonds is 4. The molecule has 2 atom stereocenters. The van der Waals surface area contributed by atoms with Crippen molar-refractivity contribution in [2.75, 3.05) is 6.61 Å². The molecular formula is C13H19NO2S2. The first-order chi connectivity index (χ1) is 8.45. The van der Waals surface area contributed by atoms with Gasteiger partial charge in [-0.2, -0.15) is 0 Å². The van der Waals surface area contributed by atoms with Crippen LogP contribution in [0, 0.1) is 5.41 Å². The summed E-state index contributed by atoms with van der Waals surface area (Å²) in [7, 11) is 0. The van der Waals surface area contributed by atoms with Gasteiger partial charge in [0.2, 0.25) is 0 Å². The summed E-state index contributed by atoms with van der Waals surface area (Å²) in [6.07, 6.45) is 1.14. The lowest BCUT2D eigenvalue weighted by Crippen LogP contribution is -2.62. The third-order valence-electron chi connectivity index (χ3n) is 3.66. The quantitative estimate of drug-likeness (QED) is 0.835. The molecule has 1 aromatic heterocycles. The monoisotopic (exact) mass is 285 g/mol. The van der Waals surface area contributed by atoms with Crippen molar-refractivity contribution in [2.24, 2.45) is 5.41 Å². The zero-order chi connectivity index (χ0) is 13.3. The molecule has 0 radical (unpaired) electrons. The number of thiol groups is 1. The second kappa shape index (κ2) is 5.23. The van der Waals surface area contributed by atoms with Crippen molar-refractivity contribution in [3.05, 3.63) is 16.3 Å². The van der Waals surface area contributed by atoms with Crippen LogP contribution in [0.4, 0.5) is 0 Å². The van der Waals surface area contributed by atoms with Crippen LogP contribution in [0.3, 0.4) is 0 Å². The fraction of sp³-hybridized carbons (Fsp3) is 0.615. The summed E-state index contributed by atoms with van der Waals surface area (Å²) in [5, 5.41) is 4.95. The van der Waals surface area contributed by atoms with E-state index in [0.717, 1.165) is 22.8 Å². The lowest BCUT2D eigenvalue weighted by Gasteiger charge is -2.51. The molecule has 1 heterocycles. The minimum absolute atomic E-state index is 0.00618. The van der Waals surface area contributed by atoms with Crippen LogP contribution in [0.1, 0.15) is 36.9 Å². The van der Waals surface area contributed by atoms with E-state index in [0.29, 0.717) is 0 Å². The highest BCUT2D eigenvalue weighted by Crippen LogP contribution is 2.42. The Morgan fingerprint density at radius 1 is 1.67 bits per heavy atom. The minimum atomic E-state index is -0.00618. The van der Waals surface area contributed by atoms with Crippen LogP contribution in [-0.2, 0) is 4.74 Å². The predicted molar refractivity (Wildman–Crippen MR) is 76.6 cm³/mol. The van der Waals surface area contributed by atoms with Crippen molar-refractivity contribution < 1.29 is 9.53 Å². The summed E-state index contributed by atoms with van der Waals surface area (Å²) < 4.78 is 5.65. The molecule has 0 bridgehead atoms. The fourth-order valence-electron chi connectivity index (χ4n) is 2.29. The third kappa shape index (κ3) is 2.58. The lowest BCUT2D eigenvalue weighted by atomic mass is 9.64. The third-order valence-corrected chi connectivity index (χ3v) is 5.02. The molecule has 1 N–H and O–H groups in total. The Kier molecular flexibility index (Phi) is 4.04. The molecule has 3 nitrogen and oxygen atoms in total. The van der Waals surface area contributed by atoms with E-state index in [1.54, 1.807) is 6.07 Å². The van der Waals surface area contributed by atoms with E-state index in [1.807, 2.05) is 12.3 Å². The largest absolute Gasteiger partial charge is 0.378 e. The van der Waals surface area contributed by atoms with Gasteiger partial charge in [0, 0.05) is 28.3 Å². The van der Waals surface area contributed by atoms with E-state index >= 15 is 0 Å². The highest BCUT2D eigenvalue weighted by Gasteiger charge is 2.49. The summed E-state index contributed by atoms with van der Waals surface area (Å²) in [6.45, 7) is 7.00. The second-order valence-electron chi connectivity index (χ2n) is 5.20. The molecule has 100 valence electrons. The Hall–Kier alpha value is -0.520. The molecule has 0 aromatic carbocycles. The molecule has 1 aliphatic carbocycles. The molecular weight excluding hydrogens is 266 g/mol. The zero-order valence-corrected chi connectivity index (χ0v) is 12.6. The smallest absolute Gasteiger partial charge is 0.261 e. The predicted octanol–water partition coefficient (Wildman–Crippen LogP) is 2.97. The Morgan fingerprint density at radius 2 is 2.39 bits per heavy atom. The normalized spacial score (nSPS) is 25.6. The number of nitrogens with one attached hydrogen (secondary N) is 1. The molecule has 2 unspecified atom stereocenters. The standard InChI is InChI=1S/C13H19NO2S2/c1-4-16-11-6-10(13(11,2)3)14-12(15)9-5-8(17)7-18-9/h5,7,10-11,17H,4,6H2,1-3H3,(H,14,15). The summed E-state index contributed by atoms with van der Waals surface area (Å²) in [5.74, 6) is -0.00618. The Balaban J connectivity index is 1.94. The molecule has 2 rings (SSSR count). The van der Waals surface area contributed by atoms with Crippen LogP contribution < -0.4 is 5.32 Å². The van der Waals surface area contributed by atoms with Crippen molar-refractivity contribution in [3.63, 3.8) is 0 Å². The van der Waals surface area contributed by atoms with Gasteiger partial charge in [-0.25, -0.2) is 0 Å². The van der Waals surface area contributed by atoms with Gasteiger partial charge in [0.05, 0.1) is 11.0 Å². The van der Waals surface area contributed by atoms with Crippen molar-refractivity contribution >= 4 is 29.9 Å². The average molecular weight is 285 g/mol. The van der Waals surface area contributed by atoms with E-state index in [2.05, 4.69) is 31.8 Å². The first-order valence-corrected chi connectivity index (χ1v) is 7.47. The average Bonchev–Trinajstić information content (AvgIpc) is 2.74. The number of thiophene rings is 1. The number of hydrogen-bond acceptors (Lipinski definition) is 4. The van der Waals surface area contributed by atoms with Crippen molar-refractivity contribution in [3.8, 4) is 0 Å². The van der Waals surface area contributed by atoms with Gasteiger partial charge < -0.3 is 10.1 Å². The summed E-state index contributed by atoms with van der Waals surface area (Å²) in [6, 6.07) is 1.99. The van der Waals surface area contributed by atoms with Gasteiger partial charge in [-0.3, -0.25) is 4.79 Å². The van der Waals surface area contributed by atoms with Crippen LogP contribution in [0.15, 0.2) is 16.3 Å². The molecule has 1 aromatic rings. The molecule has 5 heteroatoms. The topological polar surface area (TPSA) is 38.3 Å². The van der Waals surface area contributed by atoms with Gasteiger partial charge in [0.1, 0.15) is 0 Å². The molecule has 0 aliphatic heterocycles. The molecule has 1 amide bonds. The first kappa shape index (κ1) is 13.9. The van der Waals surface area contributed by atoms with Crippen LogP contribution in [-0.4, -0.2) is 24.7 Å². The molecule has 0 saturated heterocycles. The van der Waals surface area contributed by atoms with Crippen LogP contribution in [0.5, 0.6) is 0 Å². The first-order valence-electron chi connectivity index (χ1n) is 6.15. The highest BCUT2D eigenvalue weighted by molar-refractivity contribution is 7.80. The number of hydrogen-bond donors (Lipinski definition) is 2. The maximum absolute atomic E-state index is 12.0. The second-order valence-corrected chi connectivity index (χ2v) is 6.62. The van der Waals surface area contributed by atoms with E-state index in [1.165, 1.54) is 11.3 Å². The Bertz CT molecular complexity index is 442. The molecule has 1 aliphatic rings. The van der Waals surface area contributed by atoms with E-state index in [-0.39, 0.29) is 23.5 Å². The zero-order valence-electron chi connectivity index (χ0n) is 10.9. The minimum Gasteiger partial charge on any atom is -0.378 e. The van der Waals surface area contributed by atoms with Gasteiger partial charge in [-0.15, -0.1) is 24.0 Å². The van der Waals surface area contributed by atoms with Gasteiger partial charge in [0.15, 0.2) is 0 Å². The van der Waals surface area contributed by atoms with E-state index in [9.17, 15) is 4.79 Å². The number of carbonyl (C=O) groups excluding carboxylic acids is 1. The summed E-state index contributed by atoms with van der Waals surface area (Å²) in [5.41, 5.74) is 0.00667. The number of amides is 1. The van der Waals surface area contributed by atoms with E-state index in [4.69, 9.17) is 4.74 Å². The number of carbonyl (C=O) groups is 1. The van der Waals surface area contributed by atoms with Crippen LogP contribution in [0.2, 0.25) is 0 Å². The Labute approximate surface area is 117 Å². The maximum atomic E-state index is 12.0. The summed E-state index contributed by atoms with van der Waals surface area (Å²) >= 11 is 5.64. The van der Waals surface area contributed by atoms with Crippen molar-refractivity contribution in [1.82, 2.24) is 5.32 Å². The molecule has 0 spiro atoms. The Morgan fingerprint density at radius 3 is 2.89 bits per heavy atom. The maximum Gasteiger partial charge on any atom is 0.261 e. The van der Waals surface area contributed by atoms with Crippen molar-refractivity contribution in [1.29, 1.82) is 0 Å². The van der Waals surface area contributed by atoms with Crippen molar-refractivity contribution in [2.45, 2.75) is 44.2 Å². The van der Waals surface area contributed by atoms with Gasteiger partial charge in [0.25, 0.3) is 5.91 Å². The van der Waals surface area contributed by atoms with E-state index < -0.39 is 0 Å². The summed E-state index contributed by atoms with van der Waals surface area (Å²) in [4.78, 5) is 13.6. The molecule has 1 fully saturated rings. The molecule has 18 heavy (non-hydrogen) atoms. The fourth-order valence-corrected chi connectivity index (χ4v) is 3.34. The number of ether oxygens (including phenoxy) is 1. The highest BCUT2D eigenvalue weighted by atomic mass is 32.1. The molecule has 1 saturated carbocycles.